The molecule has 2 aromatic heterocycles. The third kappa shape index (κ3) is 5.61. The lowest BCUT2D eigenvalue weighted by atomic mass is 10.1. The Bertz CT molecular complexity index is 997. The number of aliphatic hydroxyl groups is 4. The van der Waals surface area contributed by atoms with Gasteiger partial charge in [0.25, 0.3) is 0 Å². The SMILES string of the molecule is O=C(O)/C=C/C(=O)O.OC[C@H]1O[C@@H](n2cnc3c(N[C@H]4CCC[C@@H]4O)ncnc32)[C@H](O)[C@@H]1O. The zero-order valence-electron chi connectivity index (χ0n) is 17.3. The molecule has 7 N–H and O–H groups in total. The summed E-state index contributed by atoms with van der Waals surface area (Å²) < 4.78 is 7.04. The summed E-state index contributed by atoms with van der Waals surface area (Å²) in [5, 5.41) is 58.2. The number of rotatable bonds is 6. The Morgan fingerprint density at radius 3 is 2.33 bits per heavy atom. The summed E-state index contributed by atoms with van der Waals surface area (Å²) in [6.07, 6.45) is 1.88. The Hall–Kier alpha value is -3.17. The molecule has 4 rings (SSSR count). The van der Waals surface area contributed by atoms with Crippen LogP contribution >= 0.6 is 0 Å². The van der Waals surface area contributed by atoms with Crippen molar-refractivity contribution >= 4 is 28.9 Å². The van der Waals surface area contributed by atoms with Crippen molar-refractivity contribution in [3.8, 4) is 0 Å². The fraction of sp³-hybridized carbons (Fsp3) is 0.526. The molecule has 14 heteroatoms. The monoisotopic (exact) mass is 467 g/mol. The van der Waals surface area contributed by atoms with Crippen molar-refractivity contribution in [2.24, 2.45) is 0 Å². The third-order valence-corrected chi connectivity index (χ3v) is 5.32. The van der Waals surface area contributed by atoms with Gasteiger partial charge in [0, 0.05) is 12.2 Å². The van der Waals surface area contributed by atoms with E-state index in [4.69, 9.17) is 14.9 Å². The number of carbonyl (C=O) groups is 2. The van der Waals surface area contributed by atoms with Crippen molar-refractivity contribution < 1.29 is 45.0 Å². The molecule has 2 aliphatic rings. The minimum atomic E-state index is -1.26. The van der Waals surface area contributed by atoms with Gasteiger partial charge in [-0.15, -0.1) is 0 Å². The van der Waals surface area contributed by atoms with Gasteiger partial charge in [0.2, 0.25) is 0 Å². The number of aromatic nitrogens is 4. The molecule has 6 atom stereocenters. The van der Waals surface area contributed by atoms with Crippen molar-refractivity contribution in [1.29, 1.82) is 0 Å². The van der Waals surface area contributed by atoms with Gasteiger partial charge in [-0.25, -0.2) is 24.5 Å². The van der Waals surface area contributed by atoms with E-state index in [-0.39, 0.29) is 6.04 Å². The van der Waals surface area contributed by atoms with E-state index in [0.29, 0.717) is 29.1 Å². The highest BCUT2D eigenvalue weighted by atomic mass is 16.6. The quantitative estimate of drug-likeness (QED) is 0.240. The second kappa shape index (κ2) is 10.6. The number of aliphatic carboxylic acids is 2. The van der Waals surface area contributed by atoms with Gasteiger partial charge in [-0.3, -0.25) is 4.57 Å². The molecule has 1 aliphatic carbocycles. The molecule has 14 nitrogen and oxygen atoms in total. The van der Waals surface area contributed by atoms with E-state index in [1.165, 1.54) is 17.2 Å². The van der Waals surface area contributed by atoms with Crippen LogP contribution in [0.4, 0.5) is 5.82 Å². The summed E-state index contributed by atoms with van der Waals surface area (Å²) in [4.78, 5) is 31.8. The van der Waals surface area contributed by atoms with Crippen LogP contribution in [0.5, 0.6) is 0 Å². The molecule has 0 radical (unpaired) electrons. The maximum Gasteiger partial charge on any atom is 0.328 e. The third-order valence-electron chi connectivity index (χ3n) is 5.32. The van der Waals surface area contributed by atoms with Crippen molar-refractivity contribution in [2.75, 3.05) is 11.9 Å². The van der Waals surface area contributed by atoms with E-state index in [9.17, 15) is 30.0 Å². The lowest BCUT2D eigenvalue weighted by molar-refractivity contribution is -0.134. The van der Waals surface area contributed by atoms with Crippen molar-refractivity contribution in [3.63, 3.8) is 0 Å². The second-order valence-corrected chi connectivity index (χ2v) is 7.53. The highest BCUT2D eigenvalue weighted by Crippen LogP contribution is 2.32. The summed E-state index contributed by atoms with van der Waals surface area (Å²) in [6.45, 7) is -0.400. The van der Waals surface area contributed by atoms with Crippen LogP contribution in [0.1, 0.15) is 25.5 Å². The van der Waals surface area contributed by atoms with E-state index < -0.39 is 49.2 Å². The topological polar surface area (TPSA) is 220 Å². The van der Waals surface area contributed by atoms with Crippen LogP contribution in [0, 0.1) is 0 Å². The van der Waals surface area contributed by atoms with Crippen LogP contribution in [0.15, 0.2) is 24.8 Å². The molecule has 2 aromatic rings. The maximum absolute atomic E-state index is 10.2. The number of hydrogen-bond donors (Lipinski definition) is 7. The number of aliphatic hydroxyl groups excluding tert-OH is 4. The molecule has 1 saturated heterocycles. The van der Waals surface area contributed by atoms with Gasteiger partial charge in [-0.2, -0.15) is 0 Å². The van der Waals surface area contributed by atoms with Gasteiger partial charge in [0.05, 0.1) is 25.1 Å². The first-order valence-corrected chi connectivity index (χ1v) is 10.1. The molecule has 1 aliphatic heterocycles. The lowest BCUT2D eigenvalue weighted by Crippen LogP contribution is -2.33. The summed E-state index contributed by atoms with van der Waals surface area (Å²) in [5.41, 5.74) is 0.916. The van der Waals surface area contributed by atoms with E-state index >= 15 is 0 Å². The number of carboxylic acid groups (broad SMARTS) is 2. The smallest absolute Gasteiger partial charge is 0.328 e. The van der Waals surface area contributed by atoms with Gasteiger partial charge in [0.1, 0.15) is 24.6 Å². The van der Waals surface area contributed by atoms with E-state index in [1.807, 2.05) is 0 Å². The largest absolute Gasteiger partial charge is 0.478 e. The Kier molecular flexibility index (Phi) is 7.88. The standard InChI is InChI=1S/C15H21N5O5.C4H4O4/c21-4-9-11(23)12(24)15(25-9)20-6-18-10-13(16-5-17-14(10)20)19-7-2-1-3-8(7)22;5-3(6)1-2-4(7)8/h5-9,11-12,15,21-24H,1-4H2,(H,16,17,19);1-2H,(H,5,6)(H,7,8)/b;2-1+/t7-,8-,9+,11+,12+,15+;/m0./s1. The van der Waals surface area contributed by atoms with Gasteiger partial charge in [-0.1, -0.05) is 0 Å². The van der Waals surface area contributed by atoms with E-state index in [1.54, 1.807) is 0 Å². The van der Waals surface area contributed by atoms with Crippen molar-refractivity contribution in [1.82, 2.24) is 19.5 Å². The lowest BCUT2D eigenvalue weighted by Gasteiger charge is -2.18. The number of anilines is 1. The average molecular weight is 467 g/mol. The number of fused-ring (bicyclic) bond motifs is 1. The summed E-state index contributed by atoms with van der Waals surface area (Å²) in [5.74, 6) is -2.01. The normalized spacial score (nSPS) is 29.2. The van der Waals surface area contributed by atoms with Crippen LogP contribution in [-0.2, 0) is 14.3 Å². The highest BCUT2D eigenvalue weighted by molar-refractivity contribution is 5.89. The maximum atomic E-state index is 10.2. The Morgan fingerprint density at radius 2 is 1.79 bits per heavy atom. The molecule has 3 heterocycles. The fourth-order valence-corrected chi connectivity index (χ4v) is 3.68. The number of imidazole rings is 1. The van der Waals surface area contributed by atoms with Crippen LogP contribution in [0.2, 0.25) is 0 Å². The molecule has 0 spiro atoms. The molecule has 33 heavy (non-hydrogen) atoms. The van der Waals surface area contributed by atoms with Gasteiger partial charge in [-0.05, 0) is 19.3 Å². The molecule has 0 unspecified atom stereocenters. The van der Waals surface area contributed by atoms with Crippen LogP contribution in [0.25, 0.3) is 11.2 Å². The number of carboxylic acids is 2. The van der Waals surface area contributed by atoms with E-state index in [0.717, 1.165) is 19.3 Å². The zero-order chi connectivity index (χ0) is 24.1. The molecule has 0 aromatic carbocycles. The van der Waals surface area contributed by atoms with Gasteiger partial charge < -0.3 is 40.7 Å². The first kappa shape index (κ1) is 24.5. The van der Waals surface area contributed by atoms with Crippen LogP contribution in [-0.4, -0.2) is 99.2 Å². The second-order valence-electron chi connectivity index (χ2n) is 7.53. The number of ether oxygens (including phenoxy) is 1. The van der Waals surface area contributed by atoms with E-state index in [2.05, 4.69) is 20.3 Å². The number of nitrogens with one attached hydrogen (secondary N) is 1. The summed E-state index contributed by atoms with van der Waals surface area (Å²) in [6, 6.07) is -0.0860. The minimum Gasteiger partial charge on any atom is -0.478 e. The molecule has 0 bridgehead atoms. The Labute approximate surface area is 186 Å². The molecule has 1 saturated carbocycles. The van der Waals surface area contributed by atoms with Crippen LogP contribution < -0.4 is 5.32 Å². The molecule has 180 valence electrons. The predicted molar refractivity (Wildman–Crippen MR) is 110 cm³/mol. The molecular weight excluding hydrogens is 442 g/mol. The molecule has 0 amide bonds. The Balaban J connectivity index is 0.000000331. The van der Waals surface area contributed by atoms with Crippen molar-refractivity contribution in [3.05, 3.63) is 24.8 Å². The zero-order valence-corrected chi connectivity index (χ0v) is 17.3. The molecular formula is C19H25N5O9. The van der Waals surface area contributed by atoms with Crippen LogP contribution in [0.3, 0.4) is 0 Å². The number of hydrogen-bond acceptors (Lipinski definition) is 11. The predicted octanol–water partition coefficient (Wildman–Crippen LogP) is -1.53. The Morgan fingerprint density at radius 1 is 1.09 bits per heavy atom. The summed E-state index contributed by atoms with van der Waals surface area (Å²) >= 11 is 0. The molecule has 2 fully saturated rings. The van der Waals surface area contributed by atoms with Crippen molar-refractivity contribution in [2.45, 2.75) is 55.9 Å². The number of nitrogens with zero attached hydrogens (tertiary/aromatic N) is 4. The first-order valence-electron chi connectivity index (χ1n) is 10.1. The van der Waals surface area contributed by atoms with Gasteiger partial charge in [0.15, 0.2) is 23.2 Å². The van der Waals surface area contributed by atoms with Gasteiger partial charge >= 0.3 is 11.9 Å². The average Bonchev–Trinajstić information content (AvgIpc) is 3.46. The minimum absolute atomic E-state index is 0.0860. The summed E-state index contributed by atoms with van der Waals surface area (Å²) in [7, 11) is 0. The first-order chi connectivity index (χ1) is 15.7. The fourth-order valence-electron chi connectivity index (χ4n) is 3.68. The highest BCUT2D eigenvalue weighted by Gasteiger charge is 2.44.